The van der Waals surface area contributed by atoms with Gasteiger partial charge in [0.2, 0.25) is 5.89 Å². The molecule has 0 aliphatic heterocycles. The molecule has 1 heterocycles. The van der Waals surface area contributed by atoms with E-state index in [0.29, 0.717) is 0 Å². The monoisotopic (exact) mass is 265 g/mol. The Hall–Kier alpha value is -2.77. The van der Waals surface area contributed by atoms with Crippen molar-refractivity contribution in [3.63, 3.8) is 0 Å². The van der Waals surface area contributed by atoms with E-state index in [9.17, 15) is 14.0 Å². The molecule has 0 bridgehead atoms. The summed E-state index contributed by atoms with van der Waals surface area (Å²) in [6.45, 7) is 1.52. The third-order valence-corrected chi connectivity index (χ3v) is 2.19. The number of hydrogen-bond acceptors (Lipinski definition) is 5. The summed E-state index contributed by atoms with van der Waals surface area (Å²) in [6, 6.07) is 3.21. The highest BCUT2D eigenvalue weighted by Crippen LogP contribution is 2.15. The van der Waals surface area contributed by atoms with Gasteiger partial charge >= 0.3 is 5.97 Å². The first-order valence-corrected chi connectivity index (χ1v) is 5.12. The molecule has 0 aliphatic carbocycles. The van der Waals surface area contributed by atoms with Crippen LogP contribution >= 0.6 is 0 Å². The van der Waals surface area contributed by atoms with Gasteiger partial charge in [0.25, 0.3) is 11.7 Å². The number of rotatable bonds is 3. The summed E-state index contributed by atoms with van der Waals surface area (Å²) in [6.07, 6.45) is 0. The van der Waals surface area contributed by atoms with E-state index in [1.807, 2.05) is 0 Å². The fraction of sp³-hybridized carbons (Fsp3) is 0.0909. The van der Waals surface area contributed by atoms with Gasteiger partial charge in [-0.3, -0.25) is 4.79 Å². The van der Waals surface area contributed by atoms with Gasteiger partial charge in [0.15, 0.2) is 0 Å². The molecule has 0 saturated heterocycles. The minimum Gasteiger partial charge on any atom is -0.478 e. The summed E-state index contributed by atoms with van der Waals surface area (Å²) >= 11 is 0. The van der Waals surface area contributed by atoms with E-state index < -0.39 is 23.3 Å². The molecule has 2 aromatic rings. The summed E-state index contributed by atoms with van der Waals surface area (Å²) < 4.78 is 18.0. The van der Waals surface area contributed by atoms with Crippen LogP contribution in [-0.4, -0.2) is 27.1 Å². The topological polar surface area (TPSA) is 105 Å². The van der Waals surface area contributed by atoms with Gasteiger partial charge in [0, 0.05) is 12.6 Å². The number of nitrogens with zero attached hydrogens (tertiary/aromatic N) is 2. The highest BCUT2D eigenvalue weighted by atomic mass is 19.1. The number of aromatic carboxylic acids is 1. The Labute approximate surface area is 106 Å². The molecule has 19 heavy (non-hydrogen) atoms. The second-order valence-electron chi connectivity index (χ2n) is 3.59. The Morgan fingerprint density at radius 1 is 1.42 bits per heavy atom. The molecule has 0 aliphatic rings. The van der Waals surface area contributed by atoms with Crippen LogP contribution in [0.25, 0.3) is 0 Å². The molecule has 8 heteroatoms. The van der Waals surface area contributed by atoms with Gasteiger partial charge in [0.1, 0.15) is 5.82 Å². The first-order chi connectivity index (χ1) is 8.97. The minimum absolute atomic E-state index is 0.0925. The molecule has 0 saturated carbocycles. The maximum Gasteiger partial charge on any atom is 0.338 e. The van der Waals surface area contributed by atoms with Gasteiger partial charge < -0.3 is 14.9 Å². The van der Waals surface area contributed by atoms with E-state index in [4.69, 9.17) is 5.11 Å². The number of benzene rings is 1. The van der Waals surface area contributed by atoms with Gasteiger partial charge in [-0.05, 0) is 18.2 Å². The molecule has 98 valence electrons. The highest BCUT2D eigenvalue weighted by Gasteiger charge is 2.15. The normalized spacial score (nSPS) is 10.2. The first-order valence-electron chi connectivity index (χ1n) is 5.12. The molecule has 7 nitrogen and oxygen atoms in total. The summed E-state index contributed by atoms with van der Waals surface area (Å²) in [5.41, 5.74) is -0.386. The average molecular weight is 265 g/mol. The summed E-state index contributed by atoms with van der Waals surface area (Å²) in [5.74, 6) is -2.99. The smallest absolute Gasteiger partial charge is 0.338 e. The number of aromatic nitrogens is 2. The van der Waals surface area contributed by atoms with Crippen molar-refractivity contribution in [2.45, 2.75) is 6.92 Å². The molecule has 0 fully saturated rings. The molecular formula is C11H8FN3O4. The van der Waals surface area contributed by atoms with E-state index in [0.717, 1.165) is 12.1 Å². The predicted molar refractivity (Wildman–Crippen MR) is 60.3 cm³/mol. The zero-order valence-corrected chi connectivity index (χ0v) is 9.68. The van der Waals surface area contributed by atoms with Gasteiger partial charge in [-0.1, -0.05) is 5.16 Å². The number of nitrogens with one attached hydrogen (secondary N) is 1. The number of hydrogen-bond donors (Lipinski definition) is 2. The molecular weight excluding hydrogens is 257 g/mol. The zero-order valence-electron chi connectivity index (χ0n) is 9.68. The highest BCUT2D eigenvalue weighted by molar-refractivity contribution is 6.01. The molecule has 2 rings (SSSR count). The molecule has 1 aromatic carbocycles. The van der Waals surface area contributed by atoms with Crippen LogP contribution < -0.4 is 5.32 Å². The van der Waals surface area contributed by atoms with Crippen molar-refractivity contribution in [1.29, 1.82) is 0 Å². The van der Waals surface area contributed by atoms with Crippen LogP contribution in [-0.2, 0) is 0 Å². The Balaban J connectivity index is 2.18. The lowest BCUT2D eigenvalue weighted by atomic mass is 10.2. The summed E-state index contributed by atoms with van der Waals surface area (Å²) in [4.78, 5) is 25.9. The number of anilines is 1. The van der Waals surface area contributed by atoms with Crippen LogP contribution in [0.1, 0.15) is 26.9 Å². The van der Waals surface area contributed by atoms with E-state index in [1.54, 1.807) is 0 Å². The van der Waals surface area contributed by atoms with Crippen molar-refractivity contribution in [1.82, 2.24) is 10.1 Å². The number of aryl methyl sites for hydroxylation is 1. The SMILES string of the molecule is Cc1nc(C(=O)Nc2ccc(C(=O)O)c(F)c2)no1. The standard InChI is InChI=1S/C11H8FN3O4/c1-5-13-9(15-19-5)10(16)14-6-2-3-7(11(17)18)8(12)4-6/h2-4H,1H3,(H,14,16)(H,17,18). The van der Waals surface area contributed by atoms with Gasteiger partial charge in [0.05, 0.1) is 5.56 Å². The van der Waals surface area contributed by atoms with E-state index in [2.05, 4.69) is 20.0 Å². The van der Waals surface area contributed by atoms with Crippen LogP contribution in [0.15, 0.2) is 22.7 Å². The average Bonchev–Trinajstić information content (AvgIpc) is 2.75. The summed E-state index contributed by atoms with van der Waals surface area (Å²) in [5, 5.41) is 14.4. The van der Waals surface area contributed by atoms with Crippen molar-refractivity contribution < 1.29 is 23.6 Å². The fourth-order valence-corrected chi connectivity index (χ4v) is 1.34. The number of carbonyl (C=O) groups excluding carboxylic acids is 1. The predicted octanol–water partition coefficient (Wildman–Crippen LogP) is 1.47. The Kier molecular flexibility index (Phi) is 3.23. The molecule has 1 amide bonds. The fourth-order valence-electron chi connectivity index (χ4n) is 1.34. The second kappa shape index (κ2) is 4.84. The van der Waals surface area contributed by atoms with E-state index >= 15 is 0 Å². The third-order valence-electron chi connectivity index (χ3n) is 2.19. The second-order valence-corrected chi connectivity index (χ2v) is 3.59. The Morgan fingerprint density at radius 3 is 2.68 bits per heavy atom. The van der Waals surface area contributed by atoms with Crippen LogP contribution in [0.3, 0.4) is 0 Å². The van der Waals surface area contributed by atoms with Gasteiger partial charge in [-0.15, -0.1) is 0 Å². The molecule has 0 unspecified atom stereocenters. The third kappa shape index (κ3) is 2.73. The number of amides is 1. The molecule has 2 N–H and O–H groups in total. The van der Waals surface area contributed by atoms with Crippen molar-refractivity contribution in [2.75, 3.05) is 5.32 Å². The summed E-state index contributed by atoms with van der Waals surface area (Å²) in [7, 11) is 0. The van der Waals surface area contributed by atoms with Crippen LogP contribution in [0, 0.1) is 12.7 Å². The lowest BCUT2D eigenvalue weighted by Gasteiger charge is -2.03. The van der Waals surface area contributed by atoms with Gasteiger partial charge in [-0.2, -0.15) is 4.98 Å². The zero-order chi connectivity index (χ0) is 14.0. The maximum atomic E-state index is 13.4. The largest absolute Gasteiger partial charge is 0.478 e. The van der Waals surface area contributed by atoms with Crippen LogP contribution in [0.4, 0.5) is 10.1 Å². The van der Waals surface area contributed by atoms with Crippen molar-refractivity contribution in [3.8, 4) is 0 Å². The molecule has 0 radical (unpaired) electrons. The number of carboxylic acids is 1. The minimum atomic E-state index is -1.39. The van der Waals surface area contributed by atoms with Crippen molar-refractivity contribution in [3.05, 3.63) is 41.3 Å². The number of halogens is 1. The Bertz CT molecular complexity index is 653. The lowest BCUT2D eigenvalue weighted by Crippen LogP contribution is -2.14. The van der Waals surface area contributed by atoms with E-state index in [-0.39, 0.29) is 17.4 Å². The molecule has 0 spiro atoms. The Morgan fingerprint density at radius 2 is 2.16 bits per heavy atom. The quantitative estimate of drug-likeness (QED) is 0.870. The number of carbonyl (C=O) groups is 2. The molecule has 0 atom stereocenters. The first kappa shape index (κ1) is 12.7. The lowest BCUT2D eigenvalue weighted by molar-refractivity contribution is 0.0692. The molecule has 1 aromatic heterocycles. The van der Waals surface area contributed by atoms with E-state index in [1.165, 1.54) is 13.0 Å². The van der Waals surface area contributed by atoms with Crippen LogP contribution in [0.5, 0.6) is 0 Å². The van der Waals surface area contributed by atoms with Crippen LogP contribution in [0.2, 0.25) is 0 Å². The van der Waals surface area contributed by atoms with Crippen molar-refractivity contribution >= 4 is 17.6 Å². The van der Waals surface area contributed by atoms with Crippen molar-refractivity contribution in [2.24, 2.45) is 0 Å². The maximum absolute atomic E-state index is 13.4. The number of carboxylic acid groups (broad SMARTS) is 1. The van der Waals surface area contributed by atoms with Gasteiger partial charge in [-0.25, -0.2) is 9.18 Å².